The highest BCUT2D eigenvalue weighted by atomic mass is 16.3. The molecule has 2 nitrogen and oxygen atoms in total. The third-order valence-electron chi connectivity index (χ3n) is 15.6. The second kappa shape index (κ2) is 21.7. The zero-order valence-corrected chi connectivity index (χ0v) is 47.3. The quantitative estimate of drug-likeness (QED) is 0.149. The molecule has 0 unspecified atom stereocenters. The van der Waals surface area contributed by atoms with Crippen molar-refractivity contribution in [2.75, 3.05) is 0 Å². The Morgan fingerprint density at radius 1 is 0.204 bits per heavy atom. The van der Waals surface area contributed by atoms with E-state index in [2.05, 4.69) is 0 Å². The van der Waals surface area contributed by atoms with Crippen molar-refractivity contribution in [1.82, 2.24) is 0 Å². The Hall–Kier alpha value is -11.8. The van der Waals surface area contributed by atoms with Crippen LogP contribution in [0, 0.1) is 0 Å². The molecule has 0 saturated heterocycles. The first-order chi connectivity index (χ1) is 68.4. The summed E-state index contributed by atoms with van der Waals surface area (Å²) in [4.78, 5) is 0. The Bertz CT molecular complexity index is 9170. The Labute approximate surface area is 615 Å². The molecule has 0 aliphatic heterocycles. The first-order valence-electron chi connectivity index (χ1n) is 54.8. The van der Waals surface area contributed by atoms with Crippen molar-refractivity contribution in [1.29, 1.82) is 0 Å². The second-order valence-corrected chi connectivity index (χ2v) is 21.1. The van der Waals surface area contributed by atoms with E-state index >= 15 is 0 Å². The van der Waals surface area contributed by atoms with Crippen LogP contribution in [-0.2, 0) is 5.41 Å². The minimum absolute atomic E-state index is 0.0160. The van der Waals surface area contributed by atoms with E-state index in [4.69, 9.17) is 51.3 Å². The van der Waals surface area contributed by atoms with Gasteiger partial charge in [0.15, 0.2) is 0 Å². The molecule has 436 valence electrons. The van der Waals surface area contributed by atoms with Gasteiger partial charge in [0.05, 0.1) is 74.0 Å². The number of hydrogen-bond acceptors (Lipinski definition) is 2. The number of benzene rings is 16. The van der Waals surface area contributed by atoms with Crippen molar-refractivity contribution in [2.45, 2.75) is 19.3 Å². The lowest BCUT2D eigenvalue weighted by Gasteiger charge is -2.22. The molecule has 16 aromatic carbocycles. The third-order valence-corrected chi connectivity index (χ3v) is 15.6. The second-order valence-electron chi connectivity index (χ2n) is 21.1. The zero-order valence-electron chi connectivity index (χ0n) is 101. The normalized spacial score (nSPS) is 20.6. The van der Waals surface area contributed by atoms with Crippen LogP contribution in [0.25, 0.3) is 176 Å². The lowest BCUT2D eigenvalue weighted by molar-refractivity contribution is 0.660. The SMILES string of the molecule is [2H]c1c([2H])c([2H])c(-c2c([2H])c([2H])c([2H])c(-c3c4c([2H])c([2H])c([2H])c([2H])c4c(-c4c([2H])c([2H])c(-c5c([2H])c([2H])c6oc7c([2H])c([2H])c([2H])c([2H])c7c6c5[2H])c([2H])c4[2H])c4c([2H])c([2H])c([2H])c([2H])c34)c2[2H])c([2H])c1[2H].[2H]c1c([2H])c([2H])c2c(c1[2H])-c1c([2H])c(-c3c4c([2H])c([2H])c([2H])c([2H])c4c(-c4c([2H])c([2H])c(-c5c([2H])c([2H])c6oc7c([2H])c([2H])c([2H])c([2H])c7c6c5[2H])c([2H])c4[2H])c4c([2H])c([2H])c([2H])c([2H])c34)c([2H])c([2H])c1C2(C)C. The first kappa shape index (κ1) is 22.5. The molecule has 0 N–H and O–H groups in total. The van der Waals surface area contributed by atoms with Crippen molar-refractivity contribution >= 4 is 87.0 Å². The maximum atomic E-state index is 9.88. The predicted octanol–water partition coefficient (Wildman–Crippen LogP) is 25.8. The molecule has 0 bridgehead atoms. The van der Waals surface area contributed by atoms with Crippen LogP contribution in [0.5, 0.6) is 0 Å². The number of hydrogen-bond donors (Lipinski definition) is 0. The summed E-state index contributed by atoms with van der Waals surface area (Å²) in [7, 11) is 0. The van der Waals surface area contributed by atoms with E-state index in [0.29, 0.717) is 0 Å². The Morgan fingerprint density at radius 3 is 0.978 bits per heavy atom. The van der Waals surface area contributed by atoms with E-state index in [1.165, 1.54) is 13.8 Å². The molecule has 0 radical (unpaired) electrons. The topological polar surface area (TPSA) is 26.3 Å². The van der Waals surface area contributed by atoms with E-state index in [-0.39, 0.29) is 27.6 Å². The van der Waals surface area contributed by atoms with Gasteiger partial charge in [-0.2, -0.15) is 0 Å². The lowest BCUT2D eigenvalue weighted by atomic mass is 9.81. The van der Waals surface area contributed by atoms with Crippen molar-refractivity contribution in [3.05, 3.63) is 337 Å². The van der Waals surface area contributed by atoms with Gasteiger partial charge in [-0.15, -0.1) is 0 Å². The highest BCUT2D eigenvalue weighted by molar-refractivity contribution is 6.23. The van der Waals surface area contributed by atoms with Crippen LogP contribution in [-0.4, -0.2) is 0 Å². The summed E-state index contributed by atoms with van der Waals surface area (Å²) in [6.45, 7) is 3.07. The average Bonchev–Trinajstić information content (AvgIpc) is 1.64. The molecule has 18 aromatic rings. The number of rotatable bonds is 7. The zero-order chi connectivity index (χ0) is 109. The smallest absolute Gasteiger partial charge is 0.135 e. The molecule has 0 atom stereocenters. The van der Waals surface area contributed by atoms with Gasteiger partial charge in [-0.05, 0) is 192 Å². The molecule has 0 fully saturated rings. The molecule has 1 aliphatic carbocycles. The lowest BCUT2D eigenvalue weighted by Crippen LogP contribution is -2.14. The maximum Gasteiger partial charge on any atom is 0.135 e. The number of para-hydroxylation sites is 2. The molecular formula is C91H60O2. The van der Waals surface area contributed by atoms with Gasteiger partial charge in [-0.25, -0.2) is 0 Å². The largest absolute Gasteiger partial charge is 0.456 e. The molecule has 19 rings (SSSR count). The maximum absolute atomic E-state index is 9.88. The summed E-state index contributed by atoms with van der Waals surface area (Å²) in [6.07, 6.45) is 0. The third kappa shape index (κ3) is 8.93. The summed E-state index contributed by atoms with van der Waals surface area (Å²) < 4.78 is 496. The Kier molecular flexibility index (Phi) is 5.25. The van der Waals surface area contributed by atoms with Crippen LogP contribution in [0.3, 0.4) is 0 Å². The standard InChI is InChI=1S/C47H32O.C44H28O/c1-47(2)41-17-9-7-11-33(41)39-28-32(23-25-42(39)47)46-37-15-5-3-13-35(37)45(36-14-4-6-16-38(36)46)30-21-19-29(20-22-30)31-24-26-44-40(27-31)34-12-8-10-18-43(34)48-44;1-2-11-29(12-3-1)32-13-10-14-34(27-32)44-38-18-6-4-16-36(38)43(37-17-5-7-19-39(37)44)31-23-21-30(22-24-31)33-25-26-42-40(28-33)35-15-8-9-20-41(35)45-42/h3-28H,1-2H3;1-28H/i3D,4D,5D,6D,7D,8D,9D,10D,11D,12D,13D,14D,15D,16D,17D,18D,19D,20D,21D,22D,23D,24D,25D,26D,27D,28D;1D,2D,3D,4D,5D,6D,7D,8D,9D,10D,11D,12D,13D,14D,15D,16D,17D,18D,19D,20D,21D,22D,23D,24D,25D,26D,27D,28D. The van der Waals surface area contributed by atoms with Gasteiger partial charge in [0, 0.05) is 27.0 Å². The molecule has 2 aromatic heterocycles. The van der Waals surface area contributed by atoms with E-state index in [1.54, 1.807) is 0 Å². The molecule has 0 amide bonds. The molecular weight excluding hydrogens is 1120 g/mol. The van der Waals surface area contributed by atoms with E-state index in [9.17, 15) is 31.5 Å². The molecule has 1 aliphatic rings. The van der Waals surface area contributed by atoms with E-state index in [0.717, 1.165) is 0 Å². The molecule has 93 heavy (non-hydrogen) atoms. The minimum atomic E-state index is -1.44. The highest BCUT2D eigenvalue weighted by Crippen LogP contribution is 2.52. The van der Waals surface area contributed by atoms with Gasteiger partial charge >= 0.3 is 0 Å². The summed E-state index contributed by atoms with van der Waals surface area (Å²) in [6, 6.07) is -48.3. The summed E-state index contributed by atoms with van der Waals surface area (Å²) in [5.74, 6) is 0. The fraction of sp³-hybridized carbons (Fsp3) is 0.0330. The summed E-state index contributed by atoms with van der Waals surface area (Å²) in [5, 5.41) is -7.47. The van der Waals surface area contributed by atoms with Crippen LogP contribution in [0.15, 0.2) is 335 Å². The number of furan rings is 2. The van der Waals surface area contributed by atoms with Crippen LogP contribution >= 0.6 is 0 Å². The van der Waals surface area contributed by atoms with Gasteiger partial charge < -0.3 is 8.83 Å². The van der Waals surface area contributed by atoms with Gasteiger partial charge in [0.25, 0.3) is 0 Å². The molecule has 0 saturated carbocycles. The first-order valence-corrected chi connectivity index (χ1v) is 27.8. The van der Waals surface area contributed by atoms with Gasteiger partial charge in [0.1, 0.15) is 22.3 Å². The Balaban J connectivity index is 0.000000193. The highest BCUT2D eigenvalue weighted by Gasteiger charge is 2.35. The summed E-state index contributed by atoms with van der Waals surface area (Å²) >= 11 is 0. The predicted molar refractivity (Wildman–Crippen MR) is 393 cm³/mol. The van der Waals surface area contributed by atoms with E-state index < -0.39 is 491 Å². The van der Waals surface area contributed by atoms with Gasteiger partial charge in [0.2, 0.25) is 0 Å². The molecule has 2 heterocycles. The Morgan fingerprint density at radius 2 is 0.505 bits per heavy atom. The minimum Gasteiger partial charge on any atom is -0.456 e. The van der Waals surface area contributed by atoms with Crippen molar-refractivity contribution < 1.29 is 82.9 Å². The van der Waals surface area contributed by atoms with Crippen molar-refractivity contribution in [3.63, 3.8) is 0 Å². The van der Waals surface area contributed by atoms with Crippen LogP contribution in [0.1, 0.15) is 99.0 Å². The monoisotopic (exact) mass is 1240 g/mol. The van der Waals surface area contributed by atoms with Gasteiger partial charge in [-0.1, -0.05) is 292 Å². The van der Waals surface area contributed by atoms with Crippen LogP contribution in [0.2, 0.25) is 0 Å². The van der Waals surface area contributed by atoms with Gasteiger partial charge in [-0.3, -0.25) is 0 Å². The average molecular weight is 1240 g/mol. The van der Waals surface area contributed by atoms with Crippen molar-refractivity contribution in [2.24, 2.45) is 0 Å². The van der Waals surface area contributed by atoms with Crippen LogP contribution < -0.4 is 0 Å². The van der Waals surface area contributed by atoms with Crippen molar-refractivity contribution in [3.8, 4) is 89.0 Å². The van der Waals surface area contributed by atoms with Crippen LogP contribution in [0.4, 0.5) is 0 Å². The number of fused-ring (bicyclic) bond motifs is 13. The fourth-order valence-electron chi connectivity index (χ4n) is 11.5. The molecule has 0 spiro atoms. The molecule has 2 heteroatoms. The van der Waals surface area contributed by atoms with E-state index in [1.807, 2.05) is 0 Å². The fourth-order valence-corrected chi connectivity index (χ4v) is 11.5. The summed E-state index contributed by atoms with van der Waals surface area (Å²) in [5.41, 5.74) is -14.8.